The van der Waals surface area contributed by atoms with Crippen molar-refractivity contribution in [3.8, 4) is 22.4 Å². The Bertz CT molecular complexity index is 1260. The van der Waals surface area contributed by atoms with Crippen LogP contribution in [0.3, 0.4) is 0 Å². The number of nitrogens with zero attached hydrogens (tertiary/aromatic N) is 2. The van der Waals surface area contributed by atoms with Crippen molar-refractivity contribution in [3.05, 3.63) is 83.4 Å². The SMILES string of the molecule is [2H]c1c(C)[n+](C)c(-c2cc(-c3ccccc3)c(F)cc2C)c2ccc(C(C)C)nc12. The molecule has 2 heterocycles. The van der Waals surface area contributed by atoms with E-state index in [2.05, 4.69) is 19.9 Å². The fourth-order valence-corrected chi connectivity index (χ4v) is 3.78. The van der Waals surface area contributed by atoms with Gasteiger partial charge in [0.2, 0.25) is 5.69 Å². The van der Waals surface area contributed by atoms with E-state index in [9.17, 15) is 4.39 Å². The minimum Gasteiger partial charge on any atom is -0.252 e. The Balaban J connectivity index is 2.07. The third kappa shape index (κ3) is 3.42. The van der Waals surface area contributed by atoms with E-state index in [1.165, 1.54) is 0 Å². The molecule has 2 aromatic heterocycles. The van der Waals surface area contributed by atoms with Crippen LogP contribution in [0.25, 0.3) is 33.3 Å². The fraction of sp³-hybridized carbons (Fsp3) is 0.231. The first kappa shape index (κ1) is 18.0. The molecule has 0 saturated carbocycles. The number of pyridine rings is 2. The molecule has 146 valence electrons. The van der Waals surface area contributed by atoms with Gasteiger partial charge in [-0.05, 0) is 48.2 Å². The molecule has 0 atom stereocenters. The molecular weight excluding hydrogens is 359 g/mol. The highest BCUT2D eigenvalue weighted by Crippen LogP contribution is 2.34. The number of rotatable bonds is 3. The Morgan fingerprint density at radius 3 is 2.41 bits per heavy atom. The third-order valence-electron chi connectivity index (χ3n) is 5.56. The van der Waals surface area contributed by atoms with Crippen molar-refractivity contribution in [1.82, 2.24) is 4.98 Å². The summed E-state index contributed by atoms with van der Waals surface area (Å²) in [6, 6.07) is 17.6. The molecule has 3 heteroatoms. The van der Waals surface area contributed by atoms with E-state index in [0.29, 0.717) is 17.1 Å². The molecule has 29 heavy (non-hydrogen) atoms. The van der Waals surface area contributed by atoms with Crippen molar-refractivity contribution in [2.24, 2.45) is 7.05 Å². The van der Waals surface area contributed by atoms with Gasteiger partial charge in [-0.2, -0.15) is 4.57 Å². The summed E-state index contributed by atoms with van der Waals surface area (Å²) in [5.41, 5.74) is 6.67. The maximum Gasteiger partial charge on any atom is 0.222 e. The lowest BCUT2D eigenvalue weighted by molar-refractivity contribution is -0.665. The highest BCUT2D eigenvalue weighted by atomic mass is 19.1. The van der Waals surface area contributed by atoms with Crippen molar-refractivity contribution >= 4 is 10.9 Å². The highest BCUT2D eigenvalue weighted by molar-refractivity contribution is 5.92. The predicted molar refractivity (Wildman–Crippen MR) is 117 cm³/mol. The second-order valence-corrected chi connectivity index (χ2v) is 7.92. The standard InChI is InChI=1S/C26H26FN2/c1-16(2)24-12-11-20-25(28-24)14-18(4)29(5)26(20)21-15-22(23(27)13-17(21)3)19-9-7-6-8-10-19/h6-16H,1-5H3/q+1/i14D. The minimum absolute atomic E-state index is 0.233. The first-order valence-electron chi connectivity index (χ1n) is 10.5. The van der Waals surface area contributed by atoms with Crippen LogP contribution in [0.5, 0.6) is 0 Å². The molecule has 0 unspecified atom stereocenters. The molecule has 0 aliphatic rings. The molecule has 2 nitrogen and oxygen atoms in total. The lowest BCUT2D eigenvalue weighted by Crippen LogP contribution is -2.35. The van der Waals surface area contributed by atoms with Gasteiger partial charge in [0.15, 0.2) is 5.69 Å². The van der Waals surface area contributed by atoms with Crippen molar-refractivity contribution in [2.75, 3.05) is 0 Å². The summed E-state index contributed by atoms with van der Waals surface area (Å²) >= 11 is 0. The minimum atomic E-state index is -0.233. The quantitative estimate of drug-likeness (QED) is 0.379. The van der Waals surface area contributed by atoms with Gasteiger partial charge in [-0.1, -0.05) is 44.2 Å². The van der Waals surface area contributed by atoms with Gasteiger partial charge in [0.05, 0.1) is 17.8 Å². The zero-order valence-corrected chi connectivity index (χ0v) is 17.5. The molecule has 0 saturated heterocycles. The highest BCUT2D eigenvalue weighted by Gasteiger charge is 2.22. The van der Waals surface area contributed by atoms with Crippen LogP contribution in [0.15, 0.2) is 60.6 Å². The van der Waals surface area contributed by atoms with Crippen molar-refractivity contribution < 1.29 is 10.3 Å². The fourth-order valence-electron chi connectivity index (χ4n) is 3.78. The van der Waals surface area contributed by atoms with E-state index in [-0.39, 0.29) is 11.7 Å². The largest absolute Gasteiger partial charge is 0.252 e. The van der Waals surface area contributed by atoms with E-state index in [1.807, 2.05) is 67.9 Å². The number of aryl methyl sites for hydroxylation is 1. The lowest BCUT2D eigenvalue weighted by Gasteiger charge is -2.13. The van der Waals surface area contributed by atoms with Gasteiger partial charge in [-0.25, -0.2) is 4.39 Å². The Morgan fingerprint density at radius 1 is 1.00 bits per heavy atom. The van der Waals surface area contributed by atoms with Gasteiger partial charge in [0, 0.05) is 24.2 Å². The Kier molecular flexibility index (Phi) is 4.59. The lowest BCUT2D eigenvalue weighted by atomic mass is 9.94. The smallest absolute Gasteiger partial charge is 0.222 e. The maximum atomic E-state index is 14.9. The van der Waals surface area contributed by atoms with Gasteiger partial charge >= 0.3 is 0 Å². The molecule has 0 fully saturated rings. The number of benzene rings is 2. The molecular formula is C26H26FN2+. The van der Waals surface area contributed by atoms with Crippen LogP contribution in [0.2, 0.25) is 0 Å². The molecule has 0 aliphatic carbocycles. The zero-order chi connectivity index (χ0) is 21.6. The average Bonchev–Trinajstić information content (AvgIpc) is 2.74. The second-order valence-electron chi connectivity index (χ2n) is 7.92. The summed E-state index contributed by atoms with van der Waals surface area (Å²) in [4.78, 5) is 4.82. The van der Waals surface area contributed by atoms with E-state index < -0.39 is 0 Å². The van der Waals surface area contributed by atoms with Crippen molar-refractivity contribution in [3.63, 3.8) is 0 Å². The number of fused-ring (bicyclic) bond motifs is 1. The van der Waals surface area contributed by atoms with Crippen LogP contribution >= 0.6 is 0 Å². The monoisotopic (exact) mass is 386 g/mol. The molecule has 0 radical (unpaired) electrons. The summed E-state index contributed by atoms with van der Waals surface area (Å²) in [5, 5.41) is 0.909. The number of hydrogen-bond donors (Lipinski definition) is 0. The molecule has 0 spiro atoms. The van der Waals surface area contributed by atoms with Crippen LogP contribution in [0.4, 0.5) is 4.39 Å². The molecule has 0 amide bonds. The molecule has 0 aliphatic heterocycles. The molecule has 0 N–H and O–H groups in total. The van der Waals surface area contributed by atoms with Gasteiger partial charge < -0.3 is 0 Å². The summed E-state index contributed by atoms with van der Waals surface area (Å²) in [5.74, 6) is 0.0483. The summed E-state index contributed by atoms with van der Waals surface area (Å²) in [7, 11) is 1.96. The average molecular weight is 387 g/mol. The van der Waals surface area contributed by atoms with Crippen LogP contribution in [-0.2, 0) is 7.05 Å². The van der Waals surface area contributed by atoms with Gasteiger partial charge in [0.1, 0.15) is 12.9 Å². The van der Waals surface area contributed by atoms with Crippen LogP contribution < -0.4 is 4.57 Å². The normalized spacial score (nSPS) is 11.9. The molecule has 4 rings (SSSR count). The van der Waals surface area contributed by atoms with Crippen LogP contribution in [-0.4, -0.2) is 4.98 Å². The number of hydrogen-bond acceptors (Lipinski definition) is 1. The van der Waals surface area contributed by atoms with Crippen molar-refractivity contribution in [2.45, 2.75) is 33.6 Å². The Morgan fingerprint density at radius 2 is 1.72 bits per heavy atom. The van der Waals surface area contributed by atoms with E-state index in [0.717, 1.165) is 39.2 Å². The first-order valence-corrected chi connectivity index (χ1v) is 9.95. The van der Waals surface area contributed by atoms with E-state index in [1.54, 1.807) is 6.07 Å². The molecule has 0 bridgehead atoms. The van der Waals surface area contributed by atoms with Gasteiger partial charge in [-0.15, -0.1) is 0 Å². The van der Waals surface area contributed by atoms with Gasteiger partial charge in [-0.3, -0.25) is 4.98 Å². The number of aromatic nitrogens is 2. The van der Waals surface area contributed by atoms with Gasteiger partial charge in [0.25, 0.3) is 0 Å². The second kappa shape index (κ2) is 7.40. The summed E-state index contributed by atoms with van der Waals surface area (Å²) < 4.78 is 25.6. The van der Waals surface area contributed by atoms with Crippen LogP contribution in [0, 0.1) is 19.7 Å². The maximum absolute atomic E-state index is 14.9. The first-order chi connectivity index (χ1) is 14.3. The third-order valence-corrected chi connectivity index (χ3v) is 5.56. The van der Waals surface area contributed by atoms with Crippen molar-refractivity contribution in [1.29, 1.82) is 0 Å². The van der Waals surface area contributed by atoms with E-state index >= 15 is 0 Å². The summed E-state index contributed by atoms with van der Waals surface area (Å²) in [6.07, 6.45) is 0. The topological polar surface area (TPSA) is 16.8 Å². The number of halogens is 1. The molecule has 4 aromatic rings. The predicted octanol–water partition coefficient (Wildman–Crippen LogP) is 6.27. The zero-order valence-electron chi connectivity index (χ0n) is 18.5. The molecule has 2 aromatic carbocycles. The summed E-state index contributed by atoms with van der Waals surface area (Å²) in [6.45, 7) is 8.07. The van der Waals surface area contributed by atoms with E-state index in [4.69, 9.17) is 6.35 Å². The Labute approximate surface area is 173 Å². The Hall–Kier alpha value is -3.07. The van der Waals surface area contributed by atoms with Crippen LogP contribution in [0.1, 0.15) is 38.1 Å².